The van der Waals surface area contributed by atoms with Crippen molar-refractivity contribution in [3.05, 3.63) is 0 Å². The highest BCUT2D eigenvalue weighted by molar-refractivity contribution is 7.81. The molecular weight excluding hydrogens is 180 g/mol. The highest BCUT2D eigenvalue weighted by Crippen LogP contribution is 1.88. The van der Waals surface area contributed by atoms with Crippen LogP contribution in [0.25, 0.3) is 0 Å². The van der Waals surface area contributed by atoms with Crippen molar-refractivity contribution in [2.24, 2.45) is 0 Å². The predicted octanol–water partition coefficient (Wildman–Crippen LogP) is -0.965. The number of carbonyl (C=O) groups is 1. The third-order valence-electron chi connectivity index (χ3n) is 0.248. The molecule has 0 heterocycles. The van der Waals surface area contributed by atoms with E-state index in [0.717, 1.165) is 0 Å². The van der Waals surface area contributed by atoms with Gasteiger partial charge in [-0.15, -0.1) is 0 Å². The van der Waals surface area contributed by atoms with Crippen LogP contribution < -0.4 is 0 Å². The minimum atomic E-state index is -4.87. The second-order valence-electron chi connectivity index (χ2n) is 0.852. The Labute approximate surface area is 72.0 Å². The first kappa shape index (κ1) is 12.6. The van der Waals surface area contributed by atoms with E-state index >= 15 is 0 Å². The van der Waals surface area contributed by atoms with E-state index in [1.54, 1.807) is 0 Å². The van der Waals surface area contributed by atoms with Crippen LogP contribution in [-0.2, 0) is 19.5 Å². The van der Waals surface area contributed by atoms with Gasteiger partial charge < -0.3 is 0 Å². The van der Waals surface area contributed by atoms with E-state index in [4.69, 9.17) is 9.81 Å². The van der Waals surface area contributed by atoms with Crippen LogP contribution in [0.3, 0.4) is 0 Å². The van der Waals surface area contributed by atoms with Crippen LogP contribution in [0.4, 0.5) is 4.79 Å². The predicted molar refractivity (Wildman–Crippen MR) is 27.5 cm³/mol. The number of hydrogen-bond acceptors (Lipinski definition) is 6. The van der Waals surface area contributed by atoms with Crippen molar-refractivity contribution in [3.8, 4) is 0 Å². The molecule has 0 aromatic heterocycles. The minimum absolute atomic E-state index is 0. The van der Waals surface area contributed by atoms with E-state index in [1.807, 2.05) is 0 Å². The normalized spacial score (nSPS) is 9.40. The average molecular weight is 182 g/mol. The molecule has 0 amide bonds. The van der Waals surface area contributed by atoms with E-state index in [9.17, 15) is 13.2 Å². The summed E-state index contributed by atoms with van der Waals surface area (Å²) in [7, 11) is -4.87. The molecule has 0 aromatic rings. The molecule has 7 nitrogen and oxygen atoms in total. The first-order chi connectivity index (χ1) is 3.95. The summed E-state index contributed by atoms with van der Waals surface area (Å²) in [5, 5.41) is 7.35. The van der Waals surface area contributed by atoms with Crippen LogP contribution in [0.15, 0.2) is 0 Å². The molecule has 0 saturated heterocycles. The zero-order valence-electron chi connectivity index (χ0n) is 4.55. The molecule has 10 heavy (non-hydrogen) atoms. The Hall–Kier alpha value is -0.0938. The lowest BCUT2D eigenvalue weighted by atomic mass is 11.4. The summed E-state index contributed by atoms with van der Waals surface area (Å²) < 4.78 is 29.7. The fraction of sp³-hybridized carbons (Fsp3) is 0. The van der Waals surface area contributed by atoms with E-state index < -0.39 is 16.6 Å². The largest absolute Gasteiger partial charge is 0.558 e. The Kier molecular flexibility index (Phi) is 5.88. The molecule has 0 bridgehead atoms. The standard InChI is InChI=1S/CH2O7S.Mg/c2-1(7-3)8-9(4,5)6;/h3H,(H,4,5,6);. The molecule has 0 aliphatic heterocycles. The Bertz CT molecular complexity index is 192. The van der Waals surface area contributed by atoms with Crippen molar-refractivity contribution in [2.75, 3.05) is 0 Å². The van der Waals surface area contributed by atoms with Crippen molar-refractivity contribution in [1.82, 2.24) is 0 Å². The first-order valence-electron chi connectivity index (χ1n) is 1.48. The van der Waals surface area contributed by atoms with Crippen LogP contribution in [0.5, 0.6) is 0 Å². The van der Waals surface area contributed by atoms with E-state index in [0.29, 0.717) is 0 Å². The van der Waals surface area contributed by atoms with E-state index in [-0.39, 0.29) is 23.1 Å². The van der Waals surface area contributed by atoms with Gasteiger partial charge in [-0.2, -0.15) is 18.5 Å². The lowest BCUT2D eigenvalue weighted by molar-refractivity contribution is -0.191. The van der Waals surface area contributed by atoms with Gasteiger partial charge in [0.05, 0.1) is 0 Å². The van der Waals surface area contributed by atoms with Crippen molar-refractivity contribution in [1.29, 1.82) is 0 Å². The summed E-state index contributed by atoms with van der Waals surface area (Å²) in [6, 6.07) is 0. The van der Waals surface area contributed by atoms with Gasteiger partial charge in [-0.25, -0.2) is 0 Å². The zero-order valence-corrected chi connectivity index (χ0v) is 6.78. The molecule has 0 unspecified atom stereocenters. The third kappa shape index (κ3) is 7.91. The van der Waals surface area contributed by atoms with E-state index in [2.05, 4.69) is 9.07 Å². The first-order valence-corrected chi connectivity index (χ1v) is 2.84. The number of carbonyl (C=O) groups excluding carboxylic acids is 1. The van der Waals surface area contributed by atoms with Crippen LogP contribution in [0.2, 0.25) is 0 Å². The molecule has 0 aliphatic rings. The van der Waals surface area contributed by atoms with Crippen LogP contribution >= 0.6 is 0 Å². The third-order valence-corrected chi connectivity index (χ3v) is 0.595. The second-order valence-corrected chi connectivity index (χ2v) is 1.87. The SMILES string of the molecule is O=C(OO)OS(=O)(=O)O.[Mg]. The van der Waals surface area contributed by atoms with Gasteiger partial charge in [0, 0.05) is 23.1 Å². The molecule has 56 valence electrons. The molecule has 2 N–H and O–H groups in total. The van der Waals surface area contributed by atoms with Gasteiger partial charge in [0.1, 0.15) is 0 Å². The maximum absolute atomic E-state index is 9.59. The van der Waals surface area contributed by atoms with Crippen LogP contribution in [-0.4, -0.2) is 47.4 Å². The molecule has 9 heteroatoms. The number of hydrogen-bond donors (Lipinski definition) is 2. The maximum Gasteiger partial charge on any atom is 0.558 e. The Morgan fingerprint density at radius 1 is 1.40 bits per heavy atom. The lowest BCUT2D eigenvalue weighted by Crippen LogP contribution is -2.11. The summed E-state index contributed by atoms with van der Waals surface area (Å²) in [6.45, 7) is 0. The summed E-state index contributed by atoms with van der Waals surface area (Å²) in [5.41, 5.74) is 0. The van der Waals surface area contributed by atoms with Crippen LogP contribution in [0, 0.1) is 0 Å². The van der Waals surface area contributed by atoms with Gasteiger partial charge in [0.2, 0.25) is 0 Å². The minimum Gasteiger partial charge on any atom is -0.288 e. The smallest absolute Gasteiger partial charge is 0.288 e. The van der Waals surface area contributed by atoms with Crippen LogP contribution in [0.1, 0.15) is 0 Å². The summed E-state index contributed by atoms with van der Waals surface area (Å²) in [4.78, 5) is 12.3. The van der Waals surface area contributed by atoms with E-state index in [1.165, 1.54) is 0 Å². The second kappa shape index (κ2) is 4.68. The van der Waals surface area contributed by atoms with Crippen molar-refractivity contribution in [2.45, 2.75) is 0 Å². The molecule has 0 fully saturated rings. The monoisotopic (exact) mass is 182 g/mol. The van der Waals surface area contributed by atoms with Gasteiger partial charge >= 0.3 is 16.6 Å². The summed E-state index contributed by atoms with van der Waals surface area (Å²) in [6.07, 6.45) is -1.92. The quantitative estimate of drug-likeness (QED) is 0.232. The number of rotatable bonds is 1. The Balaban J connectivity index is 0. The maximum atomic E-state index is 9.59. The van der Waals surface area contributed by atoms with Gasteiger partial charge in [0.25, 0.3) is 0 Å². The molecule has 2 radical (unpaired) electrons. The fourth-order valence-corrected chi connectivity index (χ4v) is 0.304. The average Bonchev–Trinajstić information content (AvgIpc) is 1.62. The highest BCUT2D eigenvalue weighted by Gasteiger charge is 2.13. The van der Waals surface area contributed by atoms with Gasteiger partial charge in [-0.1, -0.05) is 0 Å². The molecule has 0 aromatic carbocycles. The van der Waals surface area contributed by atoms with Gasteiger partial charge in [0.15, 0.2) is 0 Å². The van der Waals surface area contributed by atoms with Crippen molar-refractivity contribution >= 4 is 39.6 Å². The Morgan fingerprint density at radius 2 is 1.80 bits per heavy atom. The Morgan fingerprint density at radius 3 is 1.90 bits per heavy atom. The molecule has 0 spiro atoms. The lowest BCUT2D eigenvalue weighted by Gasteiger charge is -1.92. The molecule has 0 rings (SSSR count). The molecule has 0 saturated carbocycles. The summed E-state index contributed by atoms with van der Waals surface area (Å²) >= 11 is 0. The topological polar surface area (TPSA) is 110 Å². The van der Waals surface area contributed by atoms with Gasteiger partial charge in [-0.3, -0.25) is 13.6 Å². The fourth-order valence-electron chi connectivity index (χ4n) is 0.101. The summed E-state index contributed by atoms with van der Waals surface area (Å²) in [5.74, 6) is 0. The van der Waals surface area contributed by atoms with Crippen molar-refractivity contribution in [3.63, 3.8) is 0 Å². The van der Waals surface area contributed by atoms with Crippen molar-refractivity contribution < 1.29 is 32.1 Å². The zero-order chi connectivity index (χ0) is 7.49. The molecule has 0 aliphatic carbocycles. The van der Waals surface area contributed by atoms with Gasteiger partial charge in [-0.05, 0) is 0 Å². The highest BCUT2D eigenvalue weighted by atomic mass is 32.3. The molecular formula is CH2MgO7S. The molecule has 0 atom stereocenters.